The Morgan fingerprint density at radius 3 is 2.88 bits per heavy atom. The molecule has 0 amide bonds. The van der Waals surface area contributed by atoms with Crippen LogP contribution in [0.15, 0.2) is 30.3 Å². The van der Waals surface area contributed by atoms with Crippen molar-refractivity contribution in [2.24, 2.45) is 0 Å². The van der Waals surface area contributed by atoms with Crippen molar-refractivity contribution in [1.29, 1.82) is 0 Å². The van der Waals surface area contributed by atoms with Crippen LogP contribution in [0, 0.1) is 0 Å². The molecule has 0 aliphatic carbocycles. The highest BCUT2D eigenvalue weighted by Gasteiger charge is 2.14. The van der Waals surface area contributed by atoms with Crippen molar-refractivity contribution in [2.45, 2.75) is 37.8 Å². The van der Waals surface area contributed by atoms with Gasteiger partial charge in [-0.15, -0.1) is 0 Å². The lowest BCUT2D eigenvalue weighted by Gasteiger charge is -2.21. The van der Waals surface area contributed by atoms with Crippen LogP contribution in [0.2, 0.25) is 0 Å². The summed E-state index contributed by atoms with van der Waals surface area (Å²) in [5, 5.41) is 0. The minimum absolute atomic E-state index is 0.457. The molecule has 0 bridgehead atoms. The number of rotatable bonds is 6. The molecule has 1 saturated heterocycles. The van der Waals surface area contributed by atoms with E-state index in [-0.39, 0.29) is 0 Å². The fourth-order valence-electron chi connectivity index (χ4n) is 2.18. The SMILES string of the molecule is c1ccc(CCCO[SiH2]C2CCCCO2)cc1. The van der Waals surface area contributed by atoms with Gasteiger partial charge in [-0.25, -0.2) is 0 Å². The highest BCUT2D eigenvalue weighted by molar-refractivity contribution is 6.29. The van der Waals surface area contributed by atoms with E-state index in [2.05, 4.69) is 30.3 Å². The van der Waals surface area contributed by atoms with E-state index in [9.17, 15) is 0 Å². The van der Waals surface area contributed by atoms with Crippen molar-refractivity contribution in [3.63, 3.8) is 0 Å². The predicted molar refractivity (Wildman–Crippen MR) is 72.9 cm³/mol. The molecule has 1 aromatic rings. The van der Waals surface area contributed by atoms with Crippen LogP contribution in [0.5, 0.6) is 0 Å². The Bertz CT molecular complexity index is 296. The zero-order valence-electron chi connectivity index (χ0n) is 10.4. The molecule has 1 aliphatic rings. The molecule has 0 radical (unpaired) electrons. The third kappa shape index (κ3) is 5.02. The molecule has 1 fully saturated rings. The maximum Gasteiger partial charge on any atom is 0.190 e. The molecule has 2 nitrogen and oxygen atoms in total. The Kier molecular flexibility index (Phi) is 5.75. The molecule has 1 unspecified atom stereocenters. The largest absolute Gasteiger partial charge is 0.421 e. The first kappa shape index (κ1) is 12.8. The van der Waals surface area contributed by atoms with Crippen molar-refractivity contribution in [3.8, 4) is 0 Å². The van der Waals surface area contributed by atoms with E-state index in [0.29, 0.717) is 5.73 Å². The molecule has 0 N–H and O–H groups in total. The van der Waals surface area contributed by atoms with Gasteiger partial charge in [-0.3, -0.25) is 0 Å². The molecule has 1 heterocycles. The van der Waals surface area contributed by atoms with Crippen molar-refractivity contribution in [2.75, 3.05) is 13.2 Å². The van der Waals surface area contributed by atoms with Gasteiger partial charge in [0.05, 0.1) is 5.73 Å². The first-order valence-electron chi connectivity index (χ1n) is 6.68. The number of benzene rings is 1. The van der Waals surface area contributed by atoms with Gasteiger partial charge in [0, 0.05) is 13.2 Å². The topological polar surface area (TPSA) is 18.5 Å². The summed E-state index contributed by atoms with van der Waals surface area (Å²) in [5.74, 6) is 0. The van der Waals surface area contributed by atoms with Crippen LogP contribution in [-0.2, 0) is 15.6 Å². The standard InChI is InChI=1S/C14H22O2Si/c1-2-7-13(8-3-1)9-6-12-16-17-14-10-4-5-11-15-14/h1-3,7-8,14H,4-6,9-12,17H2. The number of aryl methyl sites for hydroxylation is 1. The van der Waals surface area contributed by atoms with E-state index < -0.39 is 9.76 Å². The second kappa shape index (κ2) is 7.64. The van der Waals surface area contributed by atoms with Crippen molar-refractivity contribution < 1.29 is 9.16 Å². The molecule has 1 aliphatic heterocycles. The maximum absolute atomic E-state index is 5.81. The van der Waals surface area contributed by atoms with E-state index in [1.165, 1.54) is 24.8 Å². The lowest BCUT2D eigenvalue weighted by molar-refractivity contribution is 0.0550. The lowest BCUT2D eigenvalue weighted by Crippen LogP contribution is -2.27. The average molecular weight is 250 g/mol. The summed E-state index contributed by atoms with van der Waals surface area (Å²) in [6, 6.07) is 10.6. The Morgan fingerprint density at radius 2 is 2.12 bits per heavy atom. The zero-order valence-corrected chi connectivity index (χ0v) is 11.9. The van der Waals surface area contributed by atoms with E-state index in [4.69, 9.17) is 9.16 Å². The van der Waals surface area contributed by atoms with Crippen molar-refractivity contribution >= 4 is 9.76 Å². The maximum atomic E-state index is 5.81. The highest BCUT2D eigenvalue weighted by Crippen LogP contribution is 2.11. The number of ether oxygens (including phenoxy) is 1. The van der Waals surface area contributed by atoms with Gasteiger partial charge < -0.3 is 9.16 Å². The normalized spacial score (nSPS) is 21.1. The number of hydrogen-bond acceptors (Lipinski definition) is 2. The van der Waals surface area contributed by atoms with Gasteiger partial charge >= 0.3 is 0 Å². The smallest absolute Gasteiger partial charge is 0.190 e. The minimum atomic E-state index is -0.457. The van der Waals surface area contributed by atoms with Gasteiger partial charge in [0.25, 0.3) is 0 Å². The van der Waals surface area contributed by atoms with Gasteiger partial charge in [0.2, 0.25) is 0 Å². The fourth-order valence-corrected chi connectivity index (χ4v) is 3.53. The van der Waals surface area contributed by atoms with Gasteiger partial charge in [0.1, 0.15) is 0 Å². The predicted octanol–water partition coefficient (Wildman–Crippen LogP) is 2.25. The van der Waals surface area contributed by atoms with E-state index in [0.717, 1.165) is 26.1 Å². The van der Waals surface area contributed by atoms with Crippen LogP contribution in [0.1, 0.15) is 31.2 Å². The molecular weight excluding hydrogens is 228 g/mol. The van der Waals surface area contributed by atoms with Crippen LogP contribution in [-0.4, -0.2) is 28.7 Å². The van der Waals surface area contributed by atoms with Crippen LogP contribution in [0.25, 0.3) is 0 Å². The minimum Gasteiger partial charge on any atom is -0.421 e. The van der Waals surface area contributed by atoms with Crippen LogP contribution in [0.4, 0.5) is 0 Å². The van der Waals surface area contributed by atoms with E-state index >= 15 is 0 Å². The molecule has 1 aromatic carbocycles. The summed E-state index contributed by atoms with van der Waals surface area (Å²) in [6.07, 6.45) is 6.04. The Balaban J connectivity index is 1.51. The zero-order chi connectivity index (χ0) is 11.8. The molecular formula is C14H22O2Si. The summed E-state index contributed by atoms with van der Waals surface area (Å²) >= 11 is 0. The summed E-state index contributed by atoms with van der Waals surface area (Å²) in [4.78, 5) is 0. The summed E-state index contributed by atoms with van der Waals surface area (Å²) < 4.78 is 11.5. The molecule has 17 heavy (non-hydrogen) atoms. The van der Waals surface area contributed by atoms with Crippen molar-refractivity contribution in [3.05, 3.63) is 35.9 Å². The monoisotopic (exact) mass is 250 g/mol. The van der Waals surface area contributed by atoms with Crippen LogP contribution < -0.4 is 0 Å². The third-order valence-electron chi connectivity index (χ3n) is 3.17. The molecule has 1 atom stereocenters. The average Bonchev–Trinajstić information content (AvgIpc) is 2.41. The van der Waals surface area contributed by atoms with Crippen LogP contribution in [0.3, 0.4) is 0 Å². The summed E-state index contributed by atoms with van der Waals surface area (Å²) in [6.45, 7) is 1.85. The van der Waals surface area contributed by atoms with Gasteiger partial charge in [0.15, 0.2) is 9.76 Å². The van der Waals surface area contributed by atoms with Gasteiger partial charge in [-0.05, 0) is 37.7 Å². The van der Waals surface area contributed by atoms with Gasteiger partial charge in [-0.1, -0.05) is 30.3 Å². The molecule has 2 rings (SSSR count). The molecule has 0 aromatic heterocycles. The Hall–Kier alpha value is -0.643. The van der Waals surface area contributed by atoms with Crippen molar-refractivity contribution in [1.82, 2.24) is 0 Å². The quantitative estimate of drug-likeness (QED) is 0.569. The highest BCUT2D eigenvalue weighted by atomic mass is 28.2. The summed E-state index contributed by atoms with van der Waals surface area (Å²) in [5.41, 5.74) is 1.90. The van der Waals surface area contributed by atoms with Gasteiger partial charge in [-0.2, -0.15) is 0 Å². The van der Waals surface area contributed by atoms with Crippen LogP contribution >= 0.6 is 0 Å². The fraction of sp³-hybridized carbons (Fsp3) is 0.571. The van der Waals surface area contributed by atoms with E-state index in [1.54, 1.807) is 0 Å². The first-order valence-corrected chi connectivity index (χ1v) is 8.08. The Morgan fingerprint density at radius 1 is 1.24 bits per heavy atom. The molecule has 0 saturated carbocycles. The Labute approximate surface area is 106 Å². The second-order valence-corrected chi connectivity index (χ2v) is 6.30. The molecule has 0 spiro atoms. The third-order valence-corrected chi connectivity index (χ3v) is 4.71. The second-order valence-electron chi connectivity index (χ2n) is 4.65. The van der Waals surface area contributed by atoms with E-state index in [1.807, 2.05) is 0 Å². The molecule has 94 valence electrons. The number of hydrogen-bond donors (Lipinski definition) is 0. The summed E-state index contributed by atoms with van der Waals surface area (Å²) in [7, 11) is -0.457. The molecule has 3 heteroatoms. The lowest BCUT2D eigenvalue weighted by atomic mass is 10.1. The first-order chi connectivity index (χ1) is 8.45.